The van der Waals surface area contributed by atoms with Crippen molar-refractivity contribution in [2.75, 3.05) is 26.8 Å². The van der Waals surface area contributed by atoms with E-state index in [4.69, 9.17) is 20.2 Å². The molecular weight excluding hydrogens is 485 g/mol. The van der Waals surface area contributed by atoms with Crippen LogP contribution < -0.4 is 10.5 Å². The molecule has 0 radical (unpaired) electrons. The zero-order valence-electron chi connectivity index (χ0n) is 20.9. The molecule has 3 aromatic heterocycles. The Morgan fingerprint density at radius 3 is 2.62 bits per heavy atom. The lowest BCUT2D eigenvalue weighted by Gasteiger charge is -2.31. The van der Waals surface area contributed by atoms with E-state index < -0.39 is 17.8 Å². The SMILES string of the molecule is CO[C@@H](C)COc1ccc2ccc(-c3nnc4ccc([C@H](N5CC[C@](C)(N)C5)C(F)(F)F)cn34)nc2c1. The van der Waals surface area contributed by atoms with Gasteiger partial charge in [0.25, 0.3) is 0 Å². The van der Waals surface area contributed by atoms with Crippen molar-refractivity contribution in [1.29, 1.82) is 0 Å². The van der Waals surface area contributed by atoms with Crippen LogP contribution in [0.2, 0.25) is 0 Å². The number of benzene rings is 1. The molecule has 37 heavy (non-hydrogen) atoms. The Morgan fingerprint density at radius 1 is 1.14 bits per heavy atom. The van der Waals surface area contributed by atoms with Crippen LogP contribution in [0, 0.1) is 0 Å². The van der Waals surface area contributed by atoms with E-state index in [1.165, 1.54) is 17.2 Å². The first-order valence-electron chi connectivity index (χ1n) is 12.1. The van der Waals surface area contributed by atoms with Gasteiger partial charge >= 0.3 is 6.18 Å². The maximum absolute atomic E-state index is 14.3. The fourth-order valence-electron chi connectivity index (χ4n) is 4.68. The molecule has 0 spiro atoms. The summed E-state index contributed by atoms with van der Waals surface area (Å²) in [5.41, 5.74) is 7.16. The third-order valence-corrected chi connectivity index (χ3v) is 6.73. The molecule has 5 rings (SSSR count). The predicted octanol–water partition coefficient (Wildman–Crippen LogP) is 4.38. The number of aromatic nitrogens is 4. The number of halogens is 3. The molecule has 0 aliphatic carbocycles. The Kier molecular flexibility index (Phi) is 6.55. The monoisotopic (exact) mass is 514 g/mol. The largest absolute Gasteiger partial charge is 0.491 e. The molecule has 4 aromatic rings. The van der Waals surface area contributed by atoms with Crippen LogP contribution in [0.1, 0.15) is 31.9 Å². The third-order valence-electron chi connectivity index (χ3n) is 6.73. The molecule has 0 saturated carbocycles. The van der Waals surface area contributed by atoms with Crippen molar-refractivity contribution in [2.24, 2.45) is 5.73 Å². The Labute approximate surface area is 212 Å². The Morgan fingerprint density at radius 2 is 1.92 bits per heavy atom. The number of nitrogens with zero attached hydrogens (tertiary/aromatic N) is 5. The molecule has 2 N–H and O–H groups in total. The maximum atomic E-state index is 14.3. The molecule has 3 atom stereocenters. The molecule has 8 nitrogen and oxygen atoms in total. The van der Waals surface area contributed by atoms with Gasteiger partial charge in [0.15, 0.2) is 11.5 Å². The fourth-order valence-corrected chi connectivity index (χ4v) is 4.68. The van der Waals surface area contributed by atoms with Gasteiger partial charge in [-0.25, -0.2) is 4.98 Å². The normalized spacial score (nSPS) is 20.5. The smallest absolute Gasteiger partial charge is 0.408 e. The van der Waals surface area contributed by atoms with E-state index in [-0.39, 0.29) is 24.8 Å². The van der Waals surface area contributed by atoms with Gasteiger partial charge in [0.1, 0.15) is 24.1 Å². The van der Waals surface area contributed by atoms with Gasteiger partial charge in [0.05, 0.1) is 11.6 Å². The van der Waals surface area contributed by atoms with Crippen molar-refractivity contribution in [3.05, 3.63) is 54.2 Å². The molecule has 1 fully saturated rings. The summed E-state index contributed by atoms with van der Waals surface area (Å²) in [6.07, 6.45) is -2.59. The van der Waals surface area contributed by atoms with Gasteiger partial charge in [-0.2, -0.15) is 13.2 Å². The predicted molar refractivity (Wildman–Crippen MR) is 133 cm³/mol. The van der Waals surface area contributed by atoms with Gasteiger partial charge in [-0.3, -0.25) is 9.30 Å². The lowest BCUT2D eigenvalue weighted by Crippen LogP contribution is -2.43. The summed E-state index contributed by atoms with van der Waals surface area (Å²) in [5.74, 6) is 0.990. The van der Waals surface area contributed by atoms with E-state index in [1.807, 2.05) is 31.2 Å². The minimum absolute atomic E-state index is 0.0637. The van der Waals surface area contributed by atoms with E-state index in [1.54, 1.807) is 30.6 Å². The molecule has 0 bridgehead atoms. The van der Waals surface area contributed by atoms with Gasteiger partial charge in [-0.1, -0.05) is 12.1 Å². The average Bonchev–Trinajstić information content (AvgIpc) is 3.43. The molecule has 1 aromatic carbocycles. The maximum Gasteiger partial charge on any atom is 0.408 e. The first-order chi connectivity index (χ1) is 17.5. The van der Waals surface area contributed by atoms with Gasteiger partial charge in [-0.15, -0.1) is 10.2 Å². The van der Waals surface area contributed by atoms with Crippen LogP contribution in [-0.4, -0.2) is 69.1 Å². The lowest BCUT2D eigenvalue weighted by molar-refractivity contribution is -0.184. The summed E-state index contributed by atoms with van der Waals surface area (Å²) >= 11 is 0. The van der Waals surface area contributed by atoms with E-state index >= 15 is 0 Å². The second-order valence-electron chi connectivity index (χ2n) is 9.94. The summed E-state index contributed by atoms with van der Waals surface area (Å²) in [4.78, 5) is 6.11. The van der Waals surface area contributed by atoms with Crippen molar-refractivity contribution >= 4 is 16.6 Å². The third kappa shape index (κ3) is 5.25. The number of hydrogen-bond acceptors (Lipinski definition) is 7. The summed E-state index contributed by atoms with van der Waals surface area (Å²) in [6, 6.07) is 10.4. The highest BCUT2D eigenvalue weighted by atomic mass is 19.4. The van der Waals surface area contributed by atoms with Crippen LogP contribution >= 0.6 is 0 Å². The van der Waals surface area contributed by atoms with Crippen LogP contribution in [0.5, 0.6) is 5.75 Å². The molecule has 11 heteroatoms. The first-order valence-corrected chi connectivity index (χ1v) is 12.1. The highest BCUT2D eigenvalue weighted by Gasteiger charge is 2.48. The topological polar surface area (TPSA) is 90.8 Å². The fraction of sp³-hybridized carbons (Fsp3) is 0.423. The van der Waals surface area contributed by atoms with Crippen molar-refractivity contribution in [1.82, 2.24) is 24.5 Å². The Bertz CT molecular complexity index is 1420. The lowest BCUT2D eigenvalue weighted by atomic mass is 10.0. The van der Waals surface area contributed by atoms with Crippen molar-refractivity contribution < 1.29 is 22.6 Å². The van der Waals surface area contributed by atoms with E-state index in [2.05, 4.69) is 10.2 Å². The van der Waals surface area contributed by atoms with Gasteiger partial charge in [0.2, 0.25) is 0 Å². The van der Waals surface area contributed by atoms with Crippen LogP contribution in [0.25, 0.3) is 28.1 Å². The zero-order chi connectivity index (χ0) is 26.4. The average molecular weight is 515 g/mol. The Balaban J connectivity index is 1.51. The number of pyridine rings is 2. The minimum atomic E-state index is -4.47. The molecule has 1 aliphatic heterocycles. The van der Waals surface area contributed by atoms with Crippen molar-refractivity contribution in [3.8, 4) is 17.3 Å². The van der Waals surface area contributed by atoms with Crippen LogP contribution in [-0.2, 0) is 4.74 Å². The number of nitrogens with two attached hydrogens (primary N) is 1. The number of likely N-dealkylation sites (tertiary alicyclic amines) is 1. The number of fused-ring (bicyclic) bond motifs is 2. The minimum Gasteiger partial charge on any atom is -0.491 e. The van der Waals surface area contributed by atoms with Crippen molar-refractivity contribution in [2.45, 2.75) is 44.1 Å². The van der Waals surface area contributed by atoms with Gasteiger partial charge in [0, 0.05) is 43.4 Å². The molecule has 4 heterocycles. The molecular formula is C26H29F3N6O2. The van der Waals surface area contributed by atoms with Crippen LogP contribution in [0.3, 0.4) is 0 Å². The van der Waals surface area contributed by atoms with Crippen LogP contribution in [0.15, 0.2) is 48.7 Å². The van der Waals surface area contributed by atoms with Gasteiger partial charge in [-0.05, 0) is 50.1 Å². The zero-order valence-corrected chi connectivity index (χ0v) is 20.9. The van der Waals surface area contributed by atoms with E-state index in [0.717, 1.165) is 5.39 Å². The molecule has 1 saturated heterocycles. The number of rotatable bonds is 7. The summed E-state index contributed by atoms with van der Waals surface area (Å²) in [6.45, 7) is 4.50. The number of methoxy groups -OCH3 is 1. The van der Waals surface area contributed by atoms with E-state index in [0.29, 0.717) is 41.5 Å². The number of hydrogen-bond donors (Lipinski definition) is 1. The highest BCUT2D eigenvalue weighted by molar-refractivity contribution is 5.82. The molecule has 0 unspecified atom stereocenters. The number of alkyl halides is 3. The van der Waals surface area contributed by atoms with Gasteiger partial charge < -0.3 is 15.2 Å². The summed E-state index contributed by atoms with van der Waals surface area (Å²) < 4.78 is 55.3. The molecule has 0 amide bonds. The standard InChI is InChI=1S/C26H29F3N6O2/c1-16(36-3)14-37-19-7-4-17-5-8-20(31-21(17)12-19)24-33-32-22-9-6-18(13-35(22)24)23(26(27,28)29)34-11-10-25(2,30)15-34/h4-9,12-13,16,23H,10-11,14-15,30H2,1-3H3/t16-,23-,25-/m0/s1. The highest BCUT2D eigenvalue weighted by Crippen LogP contribution is 2.41. The molecule has 1 aliphatic rings. The number of ether oxygens (including phenoxy) is 2. The van der Waals surface area contributed by atoms with E-state index in [9.17, 15) is 13.2 Å². The summed E-state index contributed by atoms with van der Waals surface area (Å²) in [5, 5.41) is 9.28. The quantitative estimate of drug-likeness (QED) is 0.391. The van der Waals surface area contributed by atoms with Crippen molar-refractivity contribution in [3.63, 3.8) is 0 Å². The second-order valence-corrected chi connectivity index (χ2v) is 9.94. The first kappa shape index (κ1) is 25.4. The second kappa shape index (κ2) is 9.55. The summed E-state index contributed by atoms with van der Waals surface area (Å²) in [7, 11) is 1.62. The molecule has 196 valence electrons. The Hall–Kier alpha value is -3.28. The van der Waals surface area contributed by atoms with Crippen LogP contribution in [0.4, 0.5) is 13.2 Å².